The van der Waals surface area contributed by atoms with Gasteiger partial charge in [-0.2, -0.15) is 0 Å². The maximum absolute atomic E-state index is 11.3. The monoisotopic (exact) mass is 259 g/mol. The molecule has 1 unspecified atom stereocenters. The average molecular weight is 259 g/mol. The molecule has 0 bridgehead atoms. The van der Waals surface area contributed by atoms with E-state index < -0.39 is 11.4 Å². The van der Waals surface area contributed by atoms with Gasteiger partial charge in [-0.1, -0.05) is 19.1 Å². The van der Waals surface area contributed by atoms with E-state index >= 15 is 0 Å². The van der Waals surface area contributed by atoms with Crippen LogP contribution in [0, 0.1) is 5.41 Å². The maximum Gasteiger partial charge on any atom is 0.311 e. The second kappa shape index (κ2) is 5.22. The van der Waals surface area contributed by atoms with Crippen LogP contribution in [0.3, 0.4) is 0 Å². The molecule has 0 aliphatic carbocycles. The van der Waals surface area contributed by atoms with Gasteiger partial charge in [-0.25, -0.2) is 9.97 Å². The second-order valence-corrected chi connectivity index (χ2v) is 4.81. The number of carboxylic acids is 1. The Morgan fingerprint density at radius 3 is 2.79 bits per heavy atom. The Kier molecular flexibility index (Phi) is 3.64. The van der Waals surface area contributed by atoms with Crippen molar-refractivity contribution in [3.63, 3.8) is 0 Å². The van der Waals surface area contributed by atoms with Crippen molar-refractivity contribution in [3.05, 3.63) is 30.6 Å². The molecule has 100 valence electrons. The van der Waals surface area contributed by atoms with Crippen LogP contribution in [0.4, 0.5) is 5.82 Å². The van der Waals surface area contributed by atoms with Crippen LogP contribution in [-0.2, 0) is 4.79 Å². The van der Waals surface area contributed by atoms with Crippen molar-refractivity contribution in [1.82, 2.24) is 9.97 Å². The Labute approximate surface area is 111 Å². The van der Waals surface area contributed by atoms with E-state index in [4.69, 9.17) is 0 Å². The number of aromatic nitrogens is 2. The number of carbonyl (C=O) groups is 1. The molecule has 1 heterocycles. The van der Waals surface area contributed by atoms with Gasteiger partial charge >= 0.3 is 5.97 Å². The van der Waals surface area contributed by atoms with E-state index in [9.17, 15) is 9.90 Å². The van der Waals surface area contributed by atoms with Crippen LogP contribution in [-0.4, -0.2) is 27.6 Å². The minimum absolute atomic E-state index is 0.333. The number of fused-ring (bicyclic) bond motifs is 1. The molecule has 2 aromatic rings. The molecule has 0 aliphatic rings. The largest absolute Gasteiger partial charge is 0.481 e. The molecular weight excluding hydrogens is 242 g/mol. The van der Waals surface area contributed by atoms with Gasteiger partial charge in [0.05, 0.1) is 10.9 Å². The number of benzene rings is 1. The molecule has 0 saturated carbocycles. The molecule has 5 nitrogen and oxygen atoms in total. The Bertz CT molecular complexity index is 595. The van der Waals surface area contributed by atoms with Crippen molar-refractivity contribution in [2.75, 3.05) is 11.9 Å². The van der Waals surface area contributed by atoms with Crippen LogP contribution in [0.25, 0.3) is 10.9 Å². The highest BCUT2D eigenvalue weighted by Crippen LogP contribution is 2.24. The number of anilines is 1. The number of hydrogen-bond acceptors (Lipinski definition) is 4. The lowest BCUT2D eigenvalue weighted by Gasteiger charge is -2.23. The number of carboxylic acid groups (broad SMARTS) is 1. The Morgan fingerprint density at radius 2 is 2.11 bits per heavy atom. The van der Waals surface area contributed by atoms with Gasteiger partial charge in [0.1, 0.15) is 12.1 Å². The Hall–Kier alpha value is -2.17. The van der Waals surface area contributed by atoms with Crippen molar-refractivity contribution in [1.29, 1.82) is 0 Å². The molecule has 1 atom stereocenters. The molecule has 2 N–H and O–H groups in total. The van der Waals surface area contributed by atoms with E-state index in [1.54, 1.807) is 6.92 Å². The zero-order valence-electron chi connectivity index (χ0n) is 11.1. The van der Waals surface area contributed by atoms with Crippen LogP contribution < -0.4 is 5.32 Å². The van der Waals surface area contributed by atoms with Crippen LogP contribution in [0.5, 0.6) is 0 Å². The first-order valence-electron chi connectivity index (χ1n) is 6.24. The summed E-state index contributed by atoms with van der Waals surface area (Å²) in [5.41, 5.74) is 0.0417. The van der Waals surface area contributed by atoms with Gasteiger partial charge in [-0.05, 0) is 25.5 Å². The highest BCUT2D eigenvalue weighted by atomic mass is 16.4. The van der Waals surface area contributed by atoms with Gasteiger partial charge in [0.15, 0.2) is 0 Å². The number of nitrogens with zero attached hydrogens (tertiary/aromatic N) is 2. The first kappa shape index (κ1) is 13.3. The lowest BCUT2D eigenvalue weighted by molar-refractivity contribution is -0.147. The van der Waals surface area contributed by atoms with E-state index in [1.165, 1.54) is 6.33 Å². The van der Waals surface area contributed by atoms with Gasteiger partial charge in [0.2, 0.25) is 0 Å². The molecule has 0 saturated heterocycles. The molecule has 5 heteroatoms. The summed E-state index contributed by atoms with van der Waals surface area (Å²) in [6.45, 7) is 3.93. The maximum atomic E-state index is 11.3. The minimum atomic E-state index is -0.805. The summed E-state index contributed by atoms with van der Waals surface area (Å²) in [6.07, 6.45) is 2.03. The third kappa shape index (κ3) is 2.65. The van der Waals surface area contributed by atoms with E-state index in [-0.39, 0.29) is 0 Å². The quantitative estimate of drug-likeness (QED) is 0.863. The second-order valence-electron chi connectivity index (χ2n) is 4.81. The SMILES string of the molecule is CCC(C)(CNc1ncnc2ccccc12)C(=O)O. The van der Waals surface area contributed by atoms with Gasteiger partial charge < -0.3 is 10.4 Å². The van der Waals surface area contributed by atoms with E-state index in [0.29, 0.717) is 18.8 Å². The highest BCUT2D eigenvalue weighted by Gasteiger charge is 2.31. The fourth-order valence-electron chi connectivity index (χ4n) is 1.78. The normalized spacial score (nSPS) is 14.0. The molecule has 0 aliphatic heterocycles. The summed E-state index contributed by atoms with van der Waals surface area (Å²) in [4.78, 5) is 19.6. The van der Waals surface area contributed by atoms with Crippen molar-refractivity contribution < 1.29 is 9.90 Å². The van der Waals surface area contributed by atoms with Crippen molar-refractivity contribution in [2.24, 2.45) is 5.41 Å². The number of hydrogen-bond donors (Lipinski definition) is 2. The van der Waals surface area contributed by atoms with E-state index in [2.05, 4.69) is 15.3 Å². The summed E-state index contributed by atoms with van der Waals surface area (Å²) in [7, 11) is 0. The molecule has 19 heavy (non-hydrogen) atoms. The molecule has 0 spiro atoms. The first-order valence-corrected chi connectivity index (χ1v) is 6.24. The summed E-state index contributed by atoms with van der Waals surface area (Å²) in [6, 6.07) is 7.64. The van der Waals surface area contributed by atoms with Gasteiger partial charge in [0.25, 0.3) is 0 Å². The van der Waals surface area contributed by atoms with Gasteiger partial charge in [0, 0.05) is 11.9 Å². The van der Waals surface area contributed by atoms with E-state index in [1.807, 2.05) is 31.2 Å². The Balaban J connectivity index is 2.25. The van der Waals surface area contributed by atoms with Crippen LogP contribution >= 0.6 is 0 Å². The molecule has 0 fully saturated rings. The predicted molar refractivity (Wildman–Crippen MR) is 74.1 cm³/mol. The number of aliphatic carboxylic acids is 1. The lowest BCUT2D eigenvalue weighted by Crippen LogP contribution is -2.34. The van der Waals surface area contributed by atoms with E-state index in [0.717, 1.165) is 10.9 Å². The molecule has 0 amide bonds. The summed E-state index contributed by atoms with van der Waals surface area (Å²) >= 11 is 0. The fraction of sp³-hybridized carbons (Fsp3) is 0.357. The lowest BCUT2D eigenvalue weighted by atomic mass is 9.88. The molecule has 1 aromatic heterocycles. The summed E-state index contributed by atoms with van der Waals surface area (Å²) < 4.78 is 0. The zero-order chi connectivity index (χ0) is 13.9. The predicted octanol–water partition coefficient (Wildman–Crippen LogP) is 2.54. The minimum Gasteiger partial charge on any atom is -0.481 e. The van der Waals surface area contributed by atoms with Gasteiger partial charge in [-0.15, -0.1) is 0 Å². The van der Waals surface area contributed by atoms with Gasteiger partial charge in [-0.3, -0.25) is 4.79 Å². The van der Waals surface area contributed by atoms with Crippen molar-refractivity contribution >= 4 is 22.7 Å². The standard InChI is InChI=1S/C14H17N3O2/c1-3-14(2,13(18)19)8-15-12-10-6-4-5-7-11(10)16-9-17-12/h4-7,9H,3,8H2,1-2H3,(H,18,19)(H,15,16,17). The smallest absolute Gasteiger partial charge is 0.311 e. The molecule has 1 aromatic carbocycles. The van der Waals surface area contributed by atoms with Crippen LogP contribution in [0.2, 0.25) is 0 Å². The molecule has 0 radical (unpaired) electrons. The molecule has 2 rings (SSSR count). The topological polar surface area (TPSA) is 75.1 Å². The van der Waals surface area contributed by atoms with Crippen LogP contribution in [0.1, 0.15) is 20.3 Å². The summed E-state index contributed by atoms with van der Waals surface area (Å²) in [5.74, 6) is -0.132. The van der Waals surface area contributed by atoms with Crippen molar-refractivity contribution in [2.45, 2.75) is 20.3 Å². The number of para-hydroxylation sites is 1. The van der Waals surface area contributed by atoms with Crippen molar-refractivity contribution in [3.8, 4) is 0 Å². The fourth-order valence-corrected chi connectivity index (χ4v) is 1.78. The summed E-state index contributed by atoms with van der Waals surface area (Å²) in [5, 5.41) is 13.3. The first-order chi connectivity index (χ1) is 9.07. The molecular formula is C14H17N3O2. The highest BCUT2D eigenvalue weighted by molar-refractivity contribution is 5.88. The number of nitrogens with one attached hydrogen (secondary N) is 1. The Morgan fingerprint density at radius 1 is 1.37 bits per heavy atom. The third-order valence-electron chi connectivity index (χ3n) is 3.49. The number of rotatable bonds is 5. The average Bonchev–Trinajstić information content (AvgIpc) is 2.44. The van der Waals surface area contributed by atoms with Crippen LogP contribution in [0.15, 0.2) is 30.6 Å². The zero-order valence-corrected chi connectivity index (χ0v) is 11.1. The third-order valence-corrected chi connectivity index (χ3v) is 3.49.